The summed E-state index contributed by atoms with van der Waals surface area (Å²) in [4.78, 5) is 4.54. The van der Waals surface area contributed by atoms with E-state index in [1.54, 1.807) is 0 Å². The molecule has 3 heterocycles. The van der Waals surface area contributed by atoms with Gasteiger partial charge < -0.3 is 20.2 Å². The molecule has 1 atom stereocenters. The van der Waals surface area contributed by atoms with Crippen molar-refractivity contribution in [1.82, 2.24) is 15.1 Å². The quantitative estimate of drug-likeness (QED) is 0.804. The van der Waals surface area contributed by atoms with Crippen molar-refractivity contribution in [1.29, 1.82) is 0 Å². The predicted octanol–water partition coefficient (Wildman–Crippen LogP) is 1.43. The molecule has 2 saturated heterocycles. The molecule has 3 aliphatic heterocycles. The fraction of sp³-hybridized carbons (Fsp3) is 0.714. The van der Waals surface area contributed by atoms with Crippen LogP contribution in [-0.2, 0) is 0 Å². The maximum absolute atomic E-state index is 10.1. The summed E-state index contributed by atoms with van der Waals surface area (Å²) in [6.07, 6.45) is 5.47. The second-order valence-corrected chi connectivity index (χ2v) is 6.37. The van der Waals surface area contributed by atoms with Crippen molar-refractivity contribution in [2.75, 3.05) is 32.7 Å². The lowest BCUT2D eigenvalue weighted by Crippen LogP contribution is -2.38. The van der Waals surface area contributed by atoms with Crippen LogP contribution in [0.15, 0.2) is 22.6 Å². The van der Waals surface area contributed by atoms with Crippen molar-refractivity contribution >= 4 is 11.6 Å². The molecule has 0 aromatic carbocycles. The number of aliphatic hydroxyl groups is 1. The van der Waals surface area contributed by atoms with Crippen molar-refractivity contribution in [3.63, 3.8) is 0 Å². The number of hydrogen-bond acceptors (Lipinski definition) is 4. The van der Waals surface area contributed by atoms with Gasteiger partial charge in [0.05, 0.1) is 11.3 Å². The van der Waals surface area contributed by atoms with Crippen LogP contribution in [0.25, 0.3) is 0 Å². The molecule has 0 amide bonds. The Morgan fingerprint density at radius 2 is 2.00 bits per heavy atom. The topological polar surface area (TPSA) is 38.7 Å². The highest BCUT2D eigenvalue weighted by Gasteiger charge is 2.34. The number of allylic oxidation sites excluding steroid dienone is 1. The van der Waals surface area contributed by atoms with Crippen LogP contribution in [-0.4, -0.2) is 53.2 Å². The molecule has 0 spiro atoms. The Morgan fingerprint density at radius 3 is 2.63 bits per heavy atom. The third kappa shape index (κ3) is 2.56. The number of dihydropyridines is 1. The van der Waals surface area contributed by atoms with Gasteiger partial charge in [-0.05, 0) is 32.3 Å². The Balaban J connectivity index is 1.80. The summed E-state index contributed by atoms with van der Waals surface area (Å²) in [6, 6.07) is 0. The van der Waals surface area contributed by atoms with E-state index in [1.807, 2.05) is 6.92 Å². The molecule has 5 heteroatoms. The average Bonchev–Trinajstić information content (AvgIpc) is 2.99. The first-order valence-corrected chi connectivity index (χ1v) is 7.51. The van der Waals surface area contributed by atoms with E-state index >= 15 is 0 Å². The van der Waals surface area contributed by atoms with Crippen molar-refractivity contribution in [3.05, 3.63) is 22.6 Å². The molecule has 0 saturated carbocycles. The summed E-state index contributed by atoms with van der Waals surface area (Å²) in [5.41, 5.74) is 0.570. The molecular weight excluding hydrogens is 262 g/mol. The molecule has 0 aliphatic carbocycles. The van der Waals surface area contributed by atoms with Crippen molar-refractivity contribution in [2.45, 2.75) is 31.8 Å². The third-order valence-electron chi connectivity index (χ3n) is 4.21. The normalized spacial score (nSPS) is 31.8. The van der Waals surface area contributed by atoms with Crippen LogP contribution in [0.1, 0.15) is 26.2 Å². The fourth-order valence-electron chi connectivity index (χ4n) is 3.15. The van der Waals surface area contributed by atoms with Crippen LogP contribution in [0.3, 0.4) is 0 Å². The minimum absolute atomic E-state index is 0.596. The lowest BCUT2D eigenvalue weighted by atomic mass is 10.1. The molecule has 19 heavy (non-hydrogen) atoms. The van der Waals surface area contributed by atoms with E-state index in [4.69, 9.17) is 11.6 Å². The Morgan fingerprint density at radius 1 is 1.26 bits per heavy atom. The minimum atomic E-state index is -0.596. The number of likely N-dealkylation sites (tertiary alicyclic amines) is 2. The van der Waals surface area contributed by atoms with Crippen molar-refractivity contribution in [3.8, 4) is 0 Å². The average molecular weight is 284 g/mol. The maximum atomic E-state index is 10.1. The first-order chi connectivity index (χ1) is 9.07. The highest BCUT2D eigenvalue weighted by atomic mass is 35.5. The molecule has 106 valence electrons. The molecule has 3 rings (SSSR count). The van der Waals surface area contributed by atoms with E-state index in [9.17, 15) is 5.11 Å². The Bertz CT molecular complexity index is 424. The molecule has 3 aliphatic rings. The Labute approximate surface area is 119 Å². The zero-order valence-corrected chi connectivity index (χ0v) is 12.2. The van der Waals surface area contributed by atoms with Gasteiger partial charge in [-0.3, -0.25) is 0 Å². The summed E-state index contributed by atoms with van der Waals surface area (Å²) >= 11 is 6.59. The van der Waals surface area contributed by atoms with E-state index in [0.717, 1.165) is 43.5 Å². The highest BCUT2D eigenvalue weighted by molar-refractivity contribution is 6.32. The summed E-state index contributed by atoms with van der Waals surface area (Å²) in [6.45, 7) is 6.43. The van der Waals surface area contributed by atoms with Gasteiger partial charge in [-0.15, -0.1) is 0 Å². The van der Waals surface area contributed by atoms with E-state index in [0.29, 0.717) is 6.54 Å². The van der Waals surface area contributed by atoms with Gasteiger partial charge in [0.1, 0.15) is 10.9 Å². The summed E-state index contributed by atoms with van der Waals surface area (Å²) in [5, 5.41) is 14.3. The SMILES string of the molecule is CC1(O)CCN(C2=C(Cl)C(N3CCCC3)=CCN2)C1. The second kappa shape index (κ2) is 4.91. The first kappa shape index (κ1) is 13.1. The zero-order chi connectivity index (χ0) is 13.5. The van der Waals surface area contributed by atoms with Crippen LogP contribution in [0.4, 0.5) is 0 Å². The molecule has 2 N–H and O–H groups in total. The number of rotatable bonds is 2. The monoisotopic (exact) mass is 283 g/mol. The van der Waals surface area contributed by atoms with Gasteiger partial charge in [0.2, 0.25) is 0 Å². The molecule has 0 bridgehead atoms. The Kier molecular flexibility index (Phi) is 3.39. The second-order valence-electron chi connectivity index (χ2n) is 6.00. The van der Waals surface area contributed by atoms with E-state index in [-0.39, 0.29) is 0 Å². The number of β-amino-alcohol motifs (C(OH)–C–C–N with tert-alkyl or cyclic N) is 1. The van der Waals surface area contributed by atoms with Gasteiger partial charge in [-0.2, -0.15) is 0 Å². The smallest absolute Gasteiger partial charge is 0.123 e. The molecule has 2 fully saturated rings. The van der Waals surface area contributed by atoms with Crippen LogP contribution < -0.4 is 5.32 Å². The predicted molar refractivity (Wildman–Crippen MR) is 76.6 cm³/mol. The van der Waals surface area contributed by atoms with Gasteiger partial charge in [0, 0.05) is 32.7 Å². The molecule has 4 nitrogen and oxygen atoms in total. The van der Waals surface area contributed by atoms with Gasteiger partial charge in [-0.25, -0.2) is 0 Å². The Hall–Kier alpha value is -0.870. The summed E-state index contributed by atoms with van der Waals surface area (Å²) in [7, 11) is 0. The standard InChI is InChI=1S/C14H22ClN3O/c1-14(19)5-9-18(10-14)13-12(15)11(4-6-16-13)17-7-2-3-8-17/h4,16,19H,2-3,5-10H2,1H3. The molecule has 0 aromatic rings. The highest BCUT2D eigenvalue weighted by Crippen LogP contribution is 2.32. The summed E-state index contributed by atoms with van der Waals surface area (Å²) < 4.78 is 0. The lowest BCUT2D eigenvalue weighted by Gasteiger charge is -2.31. The molecule has 0 aromatic heterocycles. The van der Waals surface area contributed by atoms with Gasteiger partial charge >= 0.3 is 0 Å². The fourth-order valence-corrected chi connectivity index (χ4v) is 3.53. The minimum Gasteiger partial charge on any atom is -0.388 e. The van der Waals surface area contributed by atoms with E-state index in [1.165, 1.54) is 18.5 Å². The van der Waals surface area contributed by atoms with Crippen LogP contribution in [0, 0.1) is 0 Å². The molecular formula is C14H22ClN3O. The number of halogens is 1. The number of hydrogen-bond donors (Lipinski definition) is 2. The zero-order valence-electron chi connectivity index (χ0n) is 11.5. The third-order valence-corrected chi connectivity index (χ3v) is 4.59. The molecule has 1 unspecified atom stereocenters. The van der Waals surface area contributed by atoms with Crippen LogP contribution >= 0.6 is 11.6 Å². The lowest BCUT2D eigenvalue weighted by molar-refractivity contribution is 0.0717. The van der Waals surface area contributed by atoms with Crippen molar-refractivity contribution in [2.24, 2.45) is 0 Å². The van der Waals surface area contributed by atoms with E-state index in [2.05, 4.69) is 21.2 Å². The number of nitrogens with zero attached hydrogens (tertiary/aromatic N) is 2. The number of nitrogens with one attached hydrogen (secondary N) is 1. The van der Waals surface area contributed by atoms with E-state index < -0.39 is 5.60 Å². The first-order valence-electron chi connectivity index (χ1n) is 7.13. The van der Waals surface area contributed by atoms with Gasteiger partial charge in [0.15, 0.2) is 0 Å². The summed E-state index contributed by atoms with van der Waals surface area (Å²) in [5.74, 6) is 0.990. The van der Waals surface area contributed by atoms with Crippen LogP contribution in [0.2, 0.25) is 0 Å². The van der Waals surface area contributed by atoms with Gasteiger partial charge in [0.25, 0.3) is 0 Å². The van der Waals surface area contributed by atoms with Crippen molar-refractivity contribution < 1.29 is 5.11 Å². The molecule has 0 radical (unpaired) electrons. The maximum Gasteiger partial charge on any atom is 0.123 e. The largest absolute Gasteiger partial charge is 0.388 e. The van der Waals surface area contributed by atoms with Crippen LogP contribution in [0.5, 0.6) is 0 Å². The van der Waals surface area contributed by atoms with Gasteiger partial charge in [-0.1, -0.05) is 11.6 Å².